The molecule has 3 aliphatic rings. The SMILES string of the molecule is CC(=O)c1ccc(N2C(=O)[C@@H]3[C@H](C2=O)[C@H]2C=CC=NN2[C@@H]3C(=O)C(C)(C)C)cc1. The fraction of sp³-hybridized carbons (Fsp3) is 0.409. The van der Waals surface area contributed by atoms with Gasteiger partial charge in [0.25, 0.3) is 0 Å². The van der Waals surface area contributed by atoms with E-state index in [-0.39, 0.29) is 17.5 Å². The Hall–Kier alpha value is -3.09. The van der Waals surface area contributed by atoms with E-state index in [1.165, 1.54) is 6.92 Å². The van der Waals surface area contributed by atoms with Gasteiger partial charge in [0.05, 0.1) is 23.6 Å². The second-order valence-electron chi connectivity index (χ2n) is 8.75. The number of nitrogens with zero attached hydrogens (tertiary/aromatic N) is 3. The molecule has 2 amide bonds. The van der Waals surface area contributed by atoms with Crippen LogP contribution < -0.4 is 4.90 Å². The first-order valence-corrected chi connectivity index (χ1v) is 9.65. The maximum Gasteiger partial charge on any atom is 0.240 e. The molecule has 1 aromatic carbocycles. The number of allylic oxidation sites excluding steroid dienone is 1. The number of benzene rings is 1. The van der Waals surface area contributed by atoms with Crippen LogP contribution in [0.25, 0.3) is 0 Å². The third kappa shape index (κ3) is 2.84. The van der Waals surface area contributed by atoms with E-state index in [1.807, 2.05) is 6.08 Å². The molecule has 1 aromatic rings. The predicted molar refractivity (Wildman–Crippen MR) is 107 cm³/mol. The fourth-order valence-electron chi connectivity index (χ4n) is 4.38. The van der Waals surface area contributed by atoms with E-state index < -0.39 is 35.2 Å². The molecule has 0 aliphatic carbocycles. The van der Waals surface area contributed by atoms with Crippen molar-refractivity contribution in [1.82, 2.24) is 5.01 Å². The zero-order chi connectivity index (χ0) is 21.1. The molecule has 4 rings (SSSR count). The Balaban J connectivity index is 1.75. The van der Waals surface area contributed by atoms with E-state index >= 15 is 0 Å². The second kappa shape index (κ2) is 6.47. The van der Waals surface area contributed by atoms with Crippen LogP contribution in [-0.4, -0.2) is 46.7 Å². The molecule has 0 aromatic heterocycles. The molecule has 7 heteroatoms. The lowest BCUT2D eigenvalue weighted by atomic mass is 9.80. The van der Waals surface area contributed by atoms with Crippen molar-refractivity contribution >= 4 is 35.3 Å². The van der Waals surface area contributed by atoms with Gasteiger partial charge in [-0.1, -0.05) is 26.8 Å². The summed E-state index contributed by atoms with van der Waals surface area (Å²) in [5.74, 6) is -2.39. The summed E-state index contributed by atoms with van der Waals surface area (Å²) in [4.78, 5) is 52.6. The highest BCUT2D eigenvalue weighted by molar-refractivity contribution is 6.24. The maximum atomic E-state index is 13.4. The predicted octanol–water partition coefficient (Wildman–Crippen LogP) is 2.22. The van der Waals surface area contributed by atoms with E-state index in [9.17, 15) is 19.2 Å². The Morgan fingerprint density at radius 3 is 2.21 bits per heavy atom. The summed E-state index contributed by atoms with van der Waals surface area (Å²) in [6.07, 6.45) is 5.14. The molecule has 0 radical (unpaired) electrons. The Morgan fingerprint density at radius 1 is 1.00 bits per heavy atom. The molecular formula is C22H23N3O4. The monoisotopic (exact) mass is 393 g/mol. The van der Waals surface area contributed by atoms with E-state index in [1.54, 1.807) is 62.3 Å². The Labute approximate surface area is 169 Å². The largest absolute Gasteiger partial charge is 0.297 e. The fourth-order valence-corrected chi connectivity index (χ4v) is 4.38. The van der Waals surface area contributed by atoms with Crippen molar-refractivity contribution in [3.8, 4) is 0 Å². The topological polar surface area (TPSA) is 87.1 Å². The summed E-state index contributed by atoms with van der Waals surface area (Å²) in [5, 5.41) is 5.95. The molecular weight excluding hydrogens is 370 g/mol. The van der Waals surface area contributed by atoms with Crippen molar-refractivity contribution in [2.24, 2.45) is 22.4 Å². The zero-order valence-electron chi connectivity index (χ0n) is 16.8. The number of hydrogen-bond donors (Lipinski definition) is 0. The number of Topliss-reactive ketones (excluding diaryl/α,β-unsaturated/α-hetero) is 2. The minimum absolute atomic E-state index is 0.0934. The zero-order valence-corrected chi connectivity index (χ0v) is 16.8. The van der Waals surface area contributed by atoms with Crippen LogP contribution in [0.15, 0.2) is 41.5 Å². The highest BCUT2D eigenvalue weighted by Gasteiger charge is 2.64. The standard InChI is InChI=1S/C22H23N3O4/c1-12(26)13-7-9-14(10-8-13)24-20(28)16-15-6-5-11-23-25(15)18(17(16)21(24)29)19(27)22(2,3)4/h5-11,15-18H,1-4H3/t15-,16-,17-,18+/m1/s1. The van der Waals surface area contributed by atoms with Gasteiger partial charge in [-0.15, -0.1) is 0 Å². The first-order valence-electron chi connectivity index (χ1n) is 9.65. The molecule has 7 nitrogen and oxygen atoms in total. The number of rotatable bonds is 3. The maximum absolute atomic E-state index is 13.4. The highest BCUT2D eigenvalue weighted by Crippen LogP contribution is 2.47. The van der Waals surface area contributed by atoms with Crippen LogP contribution in [0.1, 0.15) is 38.1 Å². The van der Waals surface area contributed by atoms with Crippen LogP contribution in [0.5, 0.6) is 0 Å². The lowest BCUT2D eigenvalue weighted by Gasteiger charge is -2.33. The smallest absolute Gasteiger partial charge is 0.240 e. The average Bonchev–Trinajstić information content (AvgIpc) is 3.14. The van der Waals surface area contributed by atoms with Gasteiger partial charge in [-0.05, 0) is 37.3 Å². The number of carbonyl (C=O) groups is 4. The molecule has 29 heavy (non-hydrogen) atoms. The van der Waals surface area contributed by atoms with Crippen molar-refractivity contribution < 1.29 is 19.2 Å². The van der Waals surface area contributed by atoms with Crippen LogP contribution in [0, 0.1) is 17.3 Å². The normalized spacial score (nSPS) is 28.0. The second-order valence-corrected chi connectivity index (χ2v) is 8.75. The minimum Gasteiger partial charge on any atom is -0.297 e. The third-order valence-electron chi connectivity index (χ3n) is 5.83. The van der Waals surface area contributed by atoms with Crippen molar-refractivity contribution in [2.75, 3.05) is 4.90 Å². The number of hydrogen-bond acceptors (Lipinski definition) is 6. The molecule has 0 N–H and O–H groups in total. The van der Waals surface area contributed by atoms with E-state index in [0.717, 1.165) is 4.90 Å². The molecule has 4 atom stereocenters. The van der Waals surface area contributed by atoms with Crippen molar-refractivity contribution in [3.63, 3.8) is 0 Å². The Kier molecular flexibility index (Phi) is 4.29. The van der Waals surface area contributed by atoms with Gasteiger partial charge in [0, 0.05) is 17.2 Å². The molecule has 0 bridgehead atoms. The van der Waals surface area contributed by atoms with Gasteiger partial charge in [0.15, 0.2) is 11.6 Å². The van der Waals surface area contributed by atoms with Crippen LogP contribution in [0.4, 0.5) is 5.69 Å². The Bertz CT molecular complexity index is 971. The quantitative estimate of drug-likeness (QED) is 0.580. The van der Waals surface area contributed by atoms with Gasteiger partial charge in [-0.2, -0.15) is 5.10 Å². The van der Waals surface area contributed by atoms with Crippen molar-refractivity contribution in [1.29, 1.82) is 0 Å². The lowest BCUT2D eigenvalue weighted by Crippen LogP contribution is -2.49. The van der Waals surface area contributed by atoms with Crippen LogP contribution in [0.2, 0.25) is 0 Å². The summed E-state index contributed by atoms with van der Waals surface area (Å²) in [5.41, 5.74) is 0.237. The lowest BCUT2D eigenvalue weighted by molar-refractivity contribution is -0.136. The molecule has 0 saturated carbocycles. The van der Waals surface area contributed by atoms with Gasteiger partial charge in [-0.25, -0.2) is 4.90 Å². The summed E-state index contributed by atoms with van der Waals surface area (Å²) >= 11 is 0. The molecule has 3 aliphatic heterocycles. The molecule has 0 unspecified atom stereocenters. The first-order chi connectivity index (χ1) is 13.6. The highest BCUT2D eigenvalue weighted by atomic mass is 16.2. The number of hydrazone groups is 1. The summed E-state index contributed by atoms with van der Waals surface area (Å²) in [6, 6.07) is 5.17. The first kappa shape index (κ1) is 19.2. The number of imide groups is 1. The minimum atomic E-state index is -0.788. The van der Waals surface area contributed by atoms with Crippen LogP contribution in [-0.2, 0) is 14.4 Å². The molecule has 0 spiro atoms. The molecule has 2 saturated heterocycles. The van der Waals surface area contributed by atoms with Gasteiger partial charge < -0.3 is 0 Å². The van der Waals surface area contributed by atoms with Gasteiger partial charge in [0.1, 0.15) is 6.04 Å². The van der Waals surface area contributed by atoms with Crippen molar-refractivity contribution in [3.05, 3.63) is 42.0 Å². The van der Waals surface area contributed by atoms with Crippen LogP contribution in [0.3, 0.4) is 0 Å². The summed E-state index contributed by atoms with van der Waals surface area (Å²) in [7, 11) is 0. The number of anilines is 1. The van der Waals surface area contributed by atoms with Gasteiger partial charge in [-0.3, -0.25) is 24.2 Å². The van der Waals surface area contributed by atoms with Gasteiger partial charge in [0.2, 0.25) is 11.8 Å². The van der Waals surface area contributed by atoms with E-state index in [4.69, 9.17) is 0 Å². The number of amides is 2. The summed E-state index contributed by atoms with van der Waals surface area (Å²) < 4.78 is 0. The van der Waals surface area contributed by atoms with Crippen molar-refractivity contribution in [2.45, 2.75) is 39.8 Å². The molecule has 2 fully saturated rings. The van der Waals surface area contributed by atoms with E-state index in [0.29, 0.717) is 11.3 Å². The number of carbonyl (C=O) groups excluding carboxylic acids is 4. The molecule has 3 heterocycles. The number of fused-ring (bicyclic) bond motifs is 3. The molecule has 150 valence electrons. The average molecular weight is 393 g/mol. The third-order valence-corrected chi connectivity index (χ3v) is 5.83. The van der Waals surface area contributed by atoms with Gasteiger partial charge >= 0.3 is 0 Å². The summed E-state index contributed by atoms with van der Waals surface area (Å²) in [6.45, 7) is 6.88. The van der Waals surface area contributed by atoms with Crippen LogP contribution >= 0.6 is 0 Å². The Morgan fingerprint density at radius 2 is 1.62 bits per heavy atom. The van der Waals surface area contributed by atoms with E-state index in [2.05, 4.69) is 5.10 Å². The number of ketones is 2.